The van der Waals surface area contributed by atoms with Crippen molar-refractivity contribution in [1.82, 2.24) is 0 Å². The Morgan fingerprint density at radius 3 is 2.75 bits per heavy atom. The third kappa shape index (κ3) is 2.86. The van der Waals surface area contributed by atoms with Crippen LogP contribution in [0, 0.1) is 6.92 Å². The summed E-state index contributed by atoms with van der Waals surface area (Å²) in [6.07, 6.45) is 0. The summed E-state index contributed by atoms with van der Waals surface area (Å²) >= 11 is 5.90. The van der Waals surface area contributed by atoms with Gasteiger partial charge in [0.15, 0.2) is 0 Å². The van der Waals surface area contributed by atoms with Crippen molar-refractivity contribution in [1.29, 1.82) is 0 Å². The zero-order valence-corrected chi connectivity index (χ0v) is 11.9. The summed E-state index contributed by atoms with van der Waals surface area (Å²) < 4.78 is 5.14. The Labute approximate surface area is 122 Å². The standard InChI is InChI=1S/C15H14ClNO3/c1-9-12(4-3-5-13(9)18)17-15(19)11-8-10(16)6-7-14(11)20-2/h3-8,18H,1-2H3,(H,17,19). The summed E-state index contributed by atoms with van der Waals surface area (Å²) in [6.45, 7) is 1.72. The minimum absolute atomic E-state index is 0.126. The van der Waals surface area contributed by atoms with Crippen LogP contribution in [0.3, 0.4) is 0 Å². The first-order chi connectivity index (χ1) is 9.52. The van der Waals surface area contributed by atoms with Crippen molar-refractivity contribution in [2.75, 3.05) is 12.4 Å². The predicted octanol–water partition coefficient (Wildman–Crippen LogP) is 3.61. The van der Waals surface area contributed by atoms with Crippen molar-refractivity contribution < 1.29 is 14.6 Å². The maximum atomic E-state index is 12.3. The van der Waals surface area contributed by atoms with E-state index in [1.165, 1.54) is 13.2 Å². The number of methoxy groups -OCH3 is 1. The summed E-state index contributed by atoms with van der Waals surface area (Å²) in [5, 5.41) is 12.8. The van der Waals surface area contributed by atoms with Gasteiger partial charge in [-0.15, -0.1) is 0 Å². The summed E-state index contributed by atoms with van der Waals surface area (Å²) in [5.74, 6) is 0.212. The summed E-state index contributed by atoms with van der Waals surface area (Å²) in [5.41, 5.74) is 1.47. The molecule has 0 aliphatic heterocycles. The highest BCUT2D eigenvalue weighted by Crippen LogP contribution is 2.27. The van der Waals surface area contributed by atoms with Gasteiger partial charge in [-0.25, -0.2) is 0 Å². The number of phenols is 1. The maximum Gasteiger partial charge on any atom is 0.259 e. The molecule has 0 fully saturated rings. The van der Waals surface area contributed by atoms with Gasteiger partial charge in [-0.1, -0.05) is 17.7 Å². The van der Waals surface area contributed by atoms with Crippen LogP contribution in [-0.4, -0.2) is 18.1 Å². The second-order valence-electron chi connectivity index (χ2n) is 4.25. The second-order valence-corrected chi connectivity index (χ2v) is 4.68. The van der Waals surface area contributed by atoms with Crippen LogP contribution in [-0.2, 0) is 0 Å². The number of benzene rings is 2. The van der Waals surface area contributed by atoms with Crippen molar-refractivity contribution >= 4 is 23.2 Å². The highest BCUT2D eigenvalue weighted by molar-refractivity contribution is 6.31. The van der Waals surface area contributed by atoms with Gasteiger partial charge in [0.25, 0.3) is 5.91 Å². The van der Waals surface area contributed by atoms with E-state index in [9.17, 15) is 9.90 Å². The number of carbonyl (C=O) groups is 1. The smallest absolute Gasteiger partial charge is 0.259 e. The SMILES string of the molecule is COc1ccc(Cl)cc1C(=O)Nc1cccc(O)c1C. The average Bonchev–Trinajstić information content (AvgIpc) is 2.43. The third-order valence-electron chi connectivity index (χ3n) is 2.96. The lowest BCUT2D eigenvalue weighted by atomic mass is 10.1. The molecule has 1 amide bonds. The van der Waals surface area contributed by atoms with Crippen LogP contribution in [0.25, 0.3) is 0 Å². The molecule has 0 atom stereocenters. The van der Waals surface area contributed by atoms with Gasteiger partial charge in [0.2, 0.25) is 0 Å². The van der Waals surface area contributed by atoms with Gasteiger partial charge in [0, 0.05) is 16.3 Å². The Morgan fingerprint density at radius 1 is 1.30 bits per heavy atom. The van der Waals surface area contributed by atoms with Gasteiger partial charge in [-0.05, 0) is 37.3 Å². The van der Waals surface area contributed by atoms with Crippen molar-refractivity contribution in [3.63, 3.8) is 0 Å². The number of nitrogens with one attached hydrogen (secondary N) is 1. The molecule has 2 rings (SSSR count). The Kier molecular flexibility index (Phi) is 4.15. The molecule has 0 spiro atoms. The van der Waals surface area contributed by atoms with Crippen LogP contribution in [0.1, 0.15) is 15.9 Å². The fourth-order valence-electron chi connectivity index (χ4n) is 1.81. The van der Waals surface area contributed by atoms with Crippen molar-refractivity contribution in [2.24, 2.45) is 0 Å². The van der Waals surface area contributed by atoms with E-state index in [0.717, 1.165) is 0 Å². The van der Waals surface area contributed by atoms with Crippen LogP contribution >= 0.6 is 11.6 Å². The number of carbonyl (C=O) groups excluding carboxylic acids is 1. The van der Waals surface area contributed by atoms with Gasteiger partial charge in [0.05, 0.1) is 12.7 Å². The van der Waals surface area contributed by atoms with Gasteiger partial charge < -0.3 is 15.2 Å². The molecule has 0 saturated heterocycles. The largest absolute Gasteiger partial charge is 0.508 e. The van der Waals surface area contributed by atoms with E-state index in [1.807, 2.05) is 0 Å². The Hall–Kier alpha value is -2.20. The molecule has 104 valence electrons. The van der Waals surface area contributed by atoms with Crippen LogP contribution < -0.4 is 10.1 Å². The highest BCUT2D eigenvalue weighted by Gasteiger charge is 2.14. The van der Waals surface area contributed by atoms with Crippen LogP contribution in [0.2, 0.25) is 5.02 Å². The summed E-state index contributed by atoms with van der Waals surface area (Å²) in [4.78, 5) is 12.3. The lowest BCUT2D eigenvalue weighted by Gasteiger charge is -2.12. The van der Waals surface area contributed by atoms with Gasteiger partial charge in [-0.3, -0.25) is 4.79 Å². The summed E-state index contributed by atoms with van der Waals surface area (Å²) in [7, 11) is 1.49. The quantitative estimate of drug-likeness (QED) is 0.908. The molecule has 0 bridgehead atoms. The molecular weight excluding hydrogens is 278 g/mol. The predicted molar refractivity (Wildman–Crippen MR) is 78.8 cm³/mol. The molecule has 0 saturated carbocycles. The van der Waals surface area contributed by atoms with Gasteiger partial charge >= 0.3 is 0 Å². The molecule has 2 aromatic rings. The third-order valence-corrected chi connectivity index (χ3v) is 3.19. The molecule has 0 heterocycles. The van der Waals surface area contributed by atoms with Gasteiger partial charge in [-0.2, -0.15) is 0 Å². The highest BCUT2D eigenvalue weighted by atomic mass is 35.5. The van der Waals surface area contributed by atoms with E-state index < -0.39 is 0 Å². The van der Waals surface area contributed by atoms with Crippen LogP contribution in [0.15, 0.2) is 36.4 Å². The van der Waals surface area contributed by atoms with E-state index in [0.29, 0.717) is 27.6 Å². The number of amides is 1. The van der Waals surface area contributed by atoms with Gasteiger partial charge in [0.1, 0.15) is 11.5 Å². The van der Waals surface area contributed by atoms with Crippen molar-refractivity contribution in [2.45, 2.75) is 6.92 Å². The van der Waals surface area contributed by atoms with E-state index in [1.54, 1.807) is 37.3 Å². The summed E-state index contributed by atoms with van der Waals surface area (Å²) in [6, 6.07) is 9.75. The Morgan fingerprint density at radius 2 is 2.05 bits per heavy atom. The first-order valence-electron chi connectivity index (χ1n) is 5.96. The Balaban J connectivity index is 2.33. The van der Waals surface area contributed by atoms with Crippen LogP contribution in [0.4, 0.5) is 5.69 Å². The van der Waals surface area contributed by atoms with E-state index in [4.69, 9.17) is 16.3 Å². The minimum atomic E-state index is -0.349. The number of ether oxygens (including phenoxy) is 1. The van der Waals surface area contributed by atoms with E-state index >= 15 is 0 Å². The number of phenolic OH excluding ortho intramolecular Hbond substituents is 1. The number of aromatic hydroxyl groups is 1. The monoisotopic (exact) mass is 291 g/mol. The number of anilines is 1. The molecule has 0 aromatic heterocycles. The zero-order chi connectivity index (χ0) is 14.7. The van der Waals surface area contributed by atoms with E-state index in [-0.39, 0.29) is 11.7 Å². The molecule has 2 N–H and O–H groups in total. The maximum absolute atomic E-state index is 12.3. The number of rotatable bonds is 3. The molecule has 0 aliphatic carbocycles. The molecular formula is C15H14ClNO3. The first-order valence-corrected chi connectivity index (χ1v) is 6.34. The average molecular weight is 292 g/mol. The first kappa shape index (κ1) is 14.2. The normalized spacial score (nSPS) is 10.2. The molecule has 2 aromatic carbocycles. The Bertz CT molecular complexity index is 656. The molecule has 0 radical (unpaired) electrons. The number of hydrogen-bond donors (Lipinski definition) is 2. The zero-order valence-electron chi connectivity index (χ0n) is 11.1. The lowest BCUT2D eigenvalue weighted by molar-refractivity contribution is 0.102. The van der Waals surface area contributed by atoms with Crippen molar-refractivity contribution in [3.05, 3.63) is 52.5 Å². The topological polar surface area (TPSA) is 58.6 Å². The molecule has 4 nitrogen and oxygen atoms in total. The molecule has 0 unspecified atom stereocenters. The lowest BCUT2D eigenvalue weighted by Crippen LogP contribution is -2.14. The fourth-order valence-corrected chi connectivity index (χ4v) is 1.98. The second kappa shape index (κ2) is 5.84. The molecule has 20 heavy (non-hydrogen) atoms. The number of hydrogen-bond acceptors (Lipinski definition) is 3. The molecule has 0 aliphatic rings. The van der Waals surface area contributed by atoms with E-state index in [2.05, 4.69) is 5.32 Å². The number of halogens is 1. The van der Waals surface area contributed by atoms with Crippen LogP contribution in [0.5, 0.6) is 11.5 Å². The van der Waals surface area contributed by atoms with Crippen molar-refractivity contribution in [3.8, 4) is 11.5 Å². The fraction of sp³-hybridized carbons (Fsp3) is 0.133. The minimum Gasteiger partial charge on any atom is -0.508 e. The molecule has 5 heteroatoms.